The minimum absolute atomic E-state index is 0.0611. The molecule has 12 nitrogen and oxygen atoms in total. The average Bonchev–Trinajstić information content (AvgIpc) is 3.60. The highest BCUT2D eigenvalue weighted by atomic mass is 32.1. The van der Waals surface area contributed by atoms with Crippen LogP contribution in [0.5, 0.6) is 5.75 Å². The van der Waals surface area contributed by atoms with Gasteiger partial charge < -0.3 is 19.5 Å². The van der Waals surface area contributed by atoms with Crippen molar-refractivity contribution in [1.82, 2.24) is 19.8 Å². The fourth-order valence-corrected chi connectivity index (χ4v) is 8.95. The molecule has 15 heteroatoms. The van der Waals surface area contributed by atoms with Crippen LogP contribution < -0.4 is 15.0 Å². The van der Waals surface area contributed by atoms with Gasteiger partial charge in [-0.25, -0.2) is 23.5 Å². The molecule has 316 valence electrons. The van der Waals surface area contributed by atoms with Crippen molar-refractivity contribution < 1.29 is 37.7 Å². The zero-order chi connectivity index (χ0) is 42.9. The van der Waals surface area contributed by atoms with Crippen LogP contribution in [-0.4, -0.2) is 106 Å². The van der Waals surface area contributed by atoms with Crippen LogP contribution in [0.2, 0.25) is 0 Å². The number of piperazine rings is 1. The maximum absolute atomic E-state index is 15.5. The number of alkyl halides is 2. The maximum atomic E-state index is 15.5. The first-order chi connectivity index (χ1) is 28.4. The molecule has 0 bridgehead atoms. The minimum atomic E-state index is -3.20. The summed E-state index contributed by atoms with van der Waals surface area (Å²) in [7, 11) is 0. The third-order valence-electron chi connectivity index (χ3n) is 10.8. The number of carboxylic acids is 1. The number of aromatic nitrogens is 2. The molecule has 0 saturated carbocycles. The summed E-state index contributed by atoms with van der Waals surface area (Å²) in [5, 5.41) is 12.8. The average molecular weight is 841 g/mol. The Balaban J connectivity index is 1.11. The third kappa shape index (κ3) is 9.75. The van der Waals surface area contributed by atoms with Gasteiger partial charge >= 0.3 is 11.9 Å². The number of benzene rings is 3. The van der Waals surface area contributed by atoms with Crippen LogP contribution in [0.25, 0.3) is 21.3 Å². The summed E-state index contributed by atoms with van der Waals surface area (Å²) < 4.78 is 43.6. The minimum Gasteiger partial charge on any atom is -0.487 e. The van der Waals surface area contributed by atoms with Gasteiger partial charge in [0.1, 0.15) is 17.2 Å². The van der Waals surface area contributed by atoms with Gasteiger partial charge in [0, 0.05) is 49.4 Å². The van der Waals surface area contributed by atoms with E-state index in [0.717, 1.165) is 21.3 Å². The Kier molecular flexibility index (Phi) is 12.2. The standard InChI is InChI=1S/C45H50F2N6O6S/c1-27-21-51(22-28(2)53(27)24-39(54)55)25-45(46,47)26-58-36-15-10-12-31(29(36)3)32-17-18-38(49-40(32)42(57)59-44(4,5)6)52-20-19-30-11-9-13-33(34(30)23-52)41(56)50-43-48-35-14-7-8-16-37(35)60-43/h7-18,27-28H,19-26H2,1-6H3,(H,54,55)(H,48,50,56)/t27-,28+. The molecule has 1 amide bonds. The van der Waals surface area contributed by atoms with Gasteiger partial charge in [-0.3, -0.25) is 24.7 Å². The zero-order valence-electron chi connectivity index (χ0n) is 34.6. The third-order valence-corrected chi connectivity index (χ3v) is 11.7. The quantitative estimate of drug-likeness (QED) is 0.119. The first kappa shape index (κ1) is 42.6. The molecule has 7 rings (SSSR count). The molecule has 2 N–H and O–H groups in total. The number of pyridine rings is 1. The second-order valence-corrected chi connectivity index (χ2v) is 17.7. The van der Waals surface area contributed by atoms with Gasteiger partial charge in [0.15, 0.2) is 17.4 Å². The topological polar surface area (TPSA) is 137 Å². The fourth-order valence-electron chi connectivity index (χ4n) is 8.09. The first-order valence-electron chi connectivity index (χ1n) is 20.0. The number of amides is 1. The molecule has 0 unspecified atom stereocenters. The SMILES string of the molecule is Cc1c(OCC(F)(F)CN2C[C@@H](C)N(CC(=O)O)[C@@H](C)C2)cccc1-c1ccc(N2CCc3cccc(C(=O)Nc4nc5ccccc5s4)c3C2)nc1C(=O)OC(C)(C)C. The van der Waals surface area contributed by atoms with Crippen LogP contribution in [0.15, 0.2) is 72.8 Å². The van der Waals surface area contributed by atoms with Gasteiger partial charge in [0.05, 0.1) is 23.3 Å². The van der Waals surface area contributed by atoms with E-state index in [9.17, 15) is 19.5 Å². The van der Waals surface area contributed by atoms with Gasteiger partial charge in [-0.05, 0) is 107 Å². The Morgan fingerprint density at radius 2 is 1.67 bits per heavy atom. The molecule has 2 aliphatic heterocycles. The summed E-state index contributed by atoms with van der Waals surface area (Å²) in [5.41, 5.74) is 4.06. The van der Waals surface area contributed by atoms with Crippen molar-refractivity contribution in [2.75, 3.05) is 49.5 Å². The lowest BCUT2D eigenvalue weighted by atomic mass is 9.94. The Bertz CT molecular complexity index is 2370. The van der Waals surface area contributed by atoms with E-state index < -0.39 is 36.6 Å². The summed E-state index contributed by atoms with van der Waals surface area (Å²) in [6, 6.07) is 21.7. The van der Waals surface area contributed by atoms with Crippen molar-refractivity contribution in [3.63, 3.8) is 0 Å². The van der Waals surface area contributed by atoms with Crippen molar-refractivity contribution in [3.05, 3.63) is 101 Å². The van der Waals surface area contributed by atoms with E-state index in [1.807, 2.05) is 66.1 Å². The van der Waals surface area contributed by atoms with E-state index in [1.54, 1.807) is 62.9 Å². The molecule has 2 aliphatic rings. The number of ether oxygens (including phenoxy) is 2. The van der Waals surface area contributed by atoms with Crippen molar-refractivity contribution in [2.45, 2.75) is 78.1 Å². The molecule has 2 atom stereocenters. The van der Waals surface area contributed by atoms with E-state index in [2.05, 4.69) is 10.3 Å². The zero-order valence-corrected chi connectivity index (χ0v) is 35.4. The number of carbonyl (C=O) groups is 3. The molecule has 60 heavy (non-hydrogen) atoms. The number of nitrogens with one attached hydrogen (secondary N) is 1. The largest absolute Gasteiger partial charge is 0.487 e. The molecule has 4 heterocycles. The highest BCUT2D eigenvalue weighted by molar-refractivity contribution is 7.22. The highest BCUT2D eigenvalue weighted by Gasteiger charge is 2.38. The Labute approximate surface area is 352 Å². The lowest BCUT2D eigenvalue weighted by Gasteiger charge is -2.44. The van der Waals surface area contributed by atoms with E-state index in [1.165, 1.54) is 11.3 Å². The van der Waals surface area contributed by atoms with Crippen LogP contribution in [0.4, 0.5) is 19.7 Å². The smallest absolute Gasteiger partial charge is 0.358 e. The molecular weight excluding hydrogens is 791 g/mol. The van der Waals surface area contributed by atoms with E-state index >= 15 is 8.78 Å². The monoisotopic (exact) mass is 840 g/mol. The predicted molar refractivity (Wildman–Crippen MR) is 228 cm³/mol. The number of halogens is 2. The summed E-state index contributed by atoms with van der Waals surface area (Å²) in [4.78, 5) is 53.9. The summed E-state index contributed by atoms with van der Waals surface area (Å²) in [5.74, 6) is -4.30. The Morgan fingerprint density at radius 3 is 2.38 bits per heavy atom. The number of esters is 1. The maximum Gasteiger partial charge on any atom is 0.358 e. The number of fused-ring (bicyclic) bond motifs is 2. The van der Waals surface area contributed by atoms with Crippen molar-refractivity contribution in [1.29, 1.82) is 0 Å². The number of thiazole rings is 1. The van der Waals surface area contributed by atoms with E-state index in [0.29, 0.717) is 65.8 Å². The molecule has 0 radical (unpaired) electrons. The number of nitrogens with zero attached hydrogens (tertiary/aromatic N) is 5. The lowest BCUT2D eigenvalue weighted by molar-refractivity contribution is -0.141. The predicted octanol–water partition coefficient (Wildman–Crippen LogP) is 7.93. The summed E-state index contributed by atoms with van der Waals surface area (Å²) in [6.07, 6.45) is 0.644. The molecule has 3 aromatic carbocycles. The summed E-state index contributed by atoms with van der Waals surface area (Å²) >= 11 is 1.41. The number of hydrogen-bond donors (Lipinski definition) is 2. The molecule has 2 aromatic heterocycles. The van der Waals surface area contributed by atoms with Crippen LogP contribution in [-0.2, 0) is 22.5 Å². The first-order valence-corrected chi connectivity index (χ1v) is 20.8. The van der Waals surface area contributed by atoms with Crippen LogP contribution in [0.1, 0.15) is 72.2 Å². The number of aliphatic carboxylic acids is 1. The second-order valence-electron chi connectivity index (χ2n) is 16.7. The number of rotatable bonds is 12. The molecular formula is C45H50F2N6O6S. The van der Waals surface area contributed by atoms with Gasteiger partial charge in [-0.15, -0.1) is 0 Å². The van der Waals surface area contributed by atoms with Gasteiger partial charge in [-0.1, -0.05) is 47.7 Å². The fraction of sp³-hybridized carbons (Fsp3) is 0.400. The summed E-state index contributed by atoms with van der Waals surface area (Å²) in [6.45, 7) is 10.8. The van der Waals surface area contributed by atoms with E-state index in [4.69, 9.17) is 14.5 Å². The van der Waals surface area contributed by atoms with Crippen LogP contribution >= 0.6 is 11.3 Å². The number of hydrogen-bond acceptors (Lipinski definition) is 11. The lowest BCUT2D eigenvalue weighted by Crippen LogP contribution is -2.59. The number of anilines is 2. The second kappa shape index (κ2) is 17.2. The van der Waals surface area contributed by atoms with Gasteiger partial charge in [0.2, 0.25) is 0 Å². The Hall–Kier alpha value is -5.51. The molecule has 1 saturated heterocycles. The number of carbonyl (C=O) groups excluding carboxylic acids is 2. The van der Waals surface area contributed by atoms with Gasteiger partial charge in [-0.2, -0.15) is 0 Å². The van der Waals surface area contributed by atoms with E-state index in [-0.39, 0.29) is 36.0 Å². The molecule has 5 aromatic rings. The normalized spacial score (nSPS) is 17.6. The van der Waals surface area contributed by atoms with Crippen molar-refractivity contribution >= 4 is 50.3 Å². The Morgan fingerprint density at radius 1 is 0.933 bits per heavy atom. The molecule has 0 spiro atoms. The van der Waals surface area contributed by atoms with Gasteiger partial charge in [0.25, 0.3) is 11.8 Å². The van der Waals surface area contributed by atoms with Crippen LogP contribution in [0, 0.1) is 6.92 Å². The number of carboxylic acid groups (broad SMARTS) is 1. The number of para-hydroxylation sites is 1. The highest BCUT2D eigenvalue weighted by Crippen LogP contribution is 2.36. The van der Waals surface area contributed by atoms with Crippen molar-refractivity contribution in [2.24, 2.45) is 0 Å². The molecule has 1 fully saturated rings. The van der Waals surface area contributed by atoms with Crippen LogP contribution in [0.3, 0.4) is 0 Å². The van der Waals surface area contributed by atoms with Crippen molar-refractivity contribution in [3.8, 4) is 16.9 Å². The molecule has 0 aliphatic carbocycles.